The molecule has 2 N–H and O–H groups in total. The van der Waals surface area contributed by atoms with Gasteiger partial charge in [0.2, 0.25) is 0 Å². The number of aryl methyl sites for hydroxylation is 1. The van der Waals surface area contributed by atoms with Crippen molar-refractivity contribution in [3.05, 3.63) is 73.9 Å². The van der Waals surface area contributed by atoms with Gasteiger partial charge in [-0.05, 0) is 42.8 Å². The molecule has 0 bridgehead atoms. The first kappa shape index (κ1) is 17.9. The normalized spacial score (nSPS) is 10.6. The van der Waals surface area contributed by atoms with E-state index in [-0.39, 0.29) is 17.1 Å². The summed E-state index contributed by atoms with van der Waals surface area (Å²) >= 11 is 12.0. The number of carbonyl (C=O) groups excluding carboxylic acids is 1. The van der Waals surface area contributed by atoms with Crippen LogP contribution in [0.2, 0.25) is 10.0 Å². The Balaban J connectivity index is 1.86. The van der Waals surface area contributed by atoms with E-state index in [4.69, 9.17) is 23.2 Å². The minimum atomic E-state index is -0.555. The quantitative estimate of drug-likeness (QED) is 0.490. The summed E-state index contributed by atoms with van der Waals surface area (Å²) in [4.78, 5) is 23.0. The summed E-state index contributed by atoms with van der Waals surface area (Å²) in [5.41, 5.74) is 1.84. The van der Waals surface area contributed by atoms with Gasteiger partial charge in [0.15, 0.2) is 0 Å². The molecule has 0 saturated heterocycles. The number of H-pyrrole nitrogens is 1. The van der Waals surface area contributed by atoms with Crippen molar-refractivity contribution in [2.75, 3.05) is 5.32 Å². The van der Waals surface area contributed by atoms with Crippen LogP contribution in [0, 0.1) is 17.0 Å². The van der Waals surface area contributed by atoms with Crippen LogP contribution in [-0.2, 0) is 0 Å². The third-order valence-electron chi connectivity index (χ3n) is 3.63. The second-order valence-corrected chi connectivity index (χ2v) is 6.37. The summed E-state index contributed by atoms with van der Waals surface area (Å²) in [6, 6.07) is 11.0. The molecule has 0 atom stereocenters. The van der Waals surface area contributed by atoms with Gasteiger partial charge in [-0.15, -0.1) is 0 Å². The smallest absolute Gasteiger partial charge is 0.293 e. The van der Waals surface area contributed by atoms with Gasteiger partial charge in [0.25, 0.3) is 11.6 Å². The number of nitro benzene ring substituents is 1. The molecule has 2 aromatic carbocycles. The van der Waals surface area contributed by atoms with Gasteiger partial charge in [-0.1, -0.05) is 29.3 Å². The number of carbonyl (C=O) groups is 1. The van der Waals surface area contributed by atoms with Gasteiger partial charge in [-0.2, -0.15) is 5.10 Å². The van der Waals surface area contributed by atoms with E-state index in [1.807, 2.05) is 0 Å². The summed E-state index contributed by atoms with van der Waals surface area (Å²) < 4.78 is 0. The molecule has 0 fully saturated rings. The summed E-state index contributed by atoms with van der Waals surface area (Å²) in [6.07, 6.45) is 0. The van der Waals surface area contributed by atoms with Gasteiger partial charge in [-0.3, -0.25) is 20.0 Å². The Hall–Kier alpha value is -2.90. The fraction of sp³-hybridized carbons (Fsp3) is 0.0588. The van der Waals surface area contributed by atoms with Gasteiger partial charge >= 0.3 is 0 Å². The molecule has 7 nitrogen and oxygen atoms in total. The molecular formula is C17H12Cl2N4O3. The highest BCUT2D eigenvalue weighted by Crippen LogP contribution is 2.30. The number of anilines is 1. The van der Waals surface area contributed by atoms with Gasteiger partial charge in [-0.25, -0.2) is 0 Å². The molecule has 0 unspecified atom stereocenters. The van der Waals surface area contributed by atoms with Crippen molar-refractivity contribution in [1.29, 1.82) is 0 Å². The Kier molecular flexibility index (Phi) is 4.92. The Bertz CT molecular complexity index is 1020. The highest BCUT2D eigenvalue weighted by atomic mass is 35.5. The second-order valence-electron chi connectivity index (χ2n) is 5.52. The molecule has 0 aliphatic heterocycles. The van der Waals surface area contributed by atoms with E-state index in [9.17, 15) is 14.9 Å². The molecule has 0 aliphatic rings. The van der Waals surface area contributed by atoms with Crippen molar-refractivity contribution in [2.24, 2.45) is 0 Å². The standard InChI is InChI=1S/C17H12Cl2N4O3/c1-9-2-5-13(16(6-9)23(25)26)20-17(24)15-8-14(21-22-15)11-4-3-10(18)7-12(11)19/h2-8H,1H3,(H,20,24)(H,21,22). The summed E-state index contributed by atoms with van der Waals surface area (Å²) in [7, 11) is 0. The number of benzene rings is 2. The minimum Gasteiger partial charge on any atom is -0.315 e. The van der Waals surface area contributed by atoms with Crippen LogP contribution in [0.3, 0.4) is 0 Å². The zero-order valence-electron chi connectivity index (χ0n) is 13.4. The first-order valence-corrected chi connectivity index (χ1v) is 8.18. The minimum absolute atomic E-state index is 0.103. The Morgan fingerprint density at radius 3 is 2.65 bits per heavy atom. The van der Waals surface area contributed by atoms with E-state index >= 15 is 0 Å². The molecule has 0 spiro atoms. The number of halogens is 2. The van der Waals surface area contributed by atoms with E-state index in [2.05, 4.69) is 15.5 Å². The topological polar surface area (TPSA) is 101 Å². The summed E-state index contributed by atoms with van der Waals surface area (Å²) in [5.74, 6) is -0.555. The largest absolute Gasteiger partial charge is 0.315 e. The van der Waals surface area contributed by atoms with Crippen LogP contribution >= 0.6 is 23.2 Å². The molecule has 1 aromatic heterocycles. The molecule has 3 aromatic rings. The number of nitrogens with zero attached hydrogens (tertiary/aromatic N) is 2. The van der Waals surface area contributed by atoms with Crippen molar-refractivity contribution >= 4 is 40.5 Å². The van der Waals surface area contributed by atoms with Crippen LogP contribution in [0.15, 0.2) is 42.5 Å². The number of rotatable bonds is 4. The average Bonchev–Trinajstić information content (AvgIpc) is 3.06. The molecule has 0 saturated carbocycles. The summed E-state index contributed by atoms with van der Waals surface area (Å²) in [6.45, 7) is 1.73. The molecule has 9 heteroatoms. The number of hydrogen-bond acceptors (Lipinski definition) is 4. The predicted octanol–water partition coefficient (Wildman–Crippen LogP) is 4.85. The average molecular weight is 391 g/mol. The molecule has 1 heterocycles. The number of hydrogen-bond donors (Lipinski definition) is 2. The maximum atomic E-state index is 12.4. The lowest BCUT2D eigenvalue weighted by atomic mass is 10.1. The first-order chi connectivity index (χ1) is 12.3. The predicted molar refractivity (Wildman–Crippen MR) is 99.8 cm³/mol. The van der Waals surface area contributed by atoms with Crippen LogP contribution in [0.25, 0.3) is 11.3 Å². The van der Waals surface area contributed by atoms with Gasteiger partial charge in [0.1, 0.15) is 11.4 Å². The molecule has 26 heavy (non-hydrogen) atoms. The lowest BCUT2D eigenvalue weighted by Crippen LogP contribution is -2.13. The molecule has 3 rings (SSSR count). The second kappa shape index (κ2) is 7.15. The third-order valence-corrected chi connectivity index (χ3v) is 4.18. The van der Waals surface area contributed by atoms with Crippen molar-refractivity contribution < 1.29 is 9.72 Å². The Morgan fingerprint density at radius 1 is 1.19 bits per heavy atom. The highest BCUT2D eigenvalue weighted by Gasteiger charge is 2.19. The highest BCUT2D eigenvalue weighted by molar-refractivity contribution is 6.36. The van der Waals surface area contributed by atoms with E-state index < -0.39 is 10.8 Å². The van der Waals surface area contributed by atoms with Crippen molar-refractivity contribution in [3.8, 4) is 11.3 Å². The summed E-state index contributed by atoms with van der Waals surface area (Å²) in [5, 5.41) is 21.2. The van der Waals surface area contributed by atoms with E-state index in [0.717, 1.165) is 5.56 Å². The number of aromatic amines is 1. The lowest BCUT2D eigenvalue weighted by Gasteiger charge is -2.05. The molecule has 132 valence electrons. The first-order valence-electron chi connectivity index (χ1n) is 7.42. The number of nitro groups is 1. The third kappa shape index (κ3) is 3.68. The van der Waals surface area contributed by atoms with Crippen molar-refractivity contribution in [2.45, 2.75) is 6.92 Å². The number of nitrogens with one attached hydrogen (secondary N) is 2. The van der Waals surface area contributed by atoms with Gasteiger partial charge < -0.3 is 5.32 Å². The fourth-order valence-corrected chi connectivity index (χ4v) is 2.87. The zero-order chi connectivity index (χ0) is 18.8. The monoisotopic (exact) mass is 390 g/mol. The molecular weight excluding hydrogens is 379 g/mol. The van der Waals surface area contributed by atoms with Crippen LogP contribution in [0.1, 0.15) is 16.1 Å². The van der Waals surface area contributed by atoms with Crippen LogP contribution < -0.4 is 5.32 Å². The molecule has 0 aliphatic carbocycles. The molecule has 0 radical (unpaired) electrons. The molecule has 1 amide bonds. The van der Waals surface area contributed by atoms with Crippen LogP contribution in [-0.4, -0.2) is 21.0 Å². The van der Waals surface area contributed by atoms with E-state index in [1.165, 1.54) is 18.2 Å². The zero-order valence-corrected chi connectivity index (χ0v) is 14.9. The number of amides is 1. The number of aromatic nitrogens is 2. The SMILES string of the molecule is Cc1ccc(NC(=O)c2cc(-c3ccc(Cl)cc3Cl)n[nH]2)c([N+](=O)[O-])c1. The van der Waals surface area contributed by atoms with Crippen LogP contribution in [0.5, 0.6) is 0 Å². The van der Waals surface area contributed by atoms with E-state index in [0.29, 0.717) is 21.3 Å². The van der Waals surface area contributed by atoms with Gasteiger partial charge in [0, 0.05) is 16.7 Å². The Labute approximate surface area is 158 Å². The maximum Gasteiger partial charge on any atom is 0.293 e. The maximum absolute atomic E-state index is 12.4. The van der Waals surface area contributed by atoms with Crippen molar-refractivity contribution in [3.63, 3.8) is 0 Å². The van der Waals surface area contributed by atoms with Gasteiger partial charge in [0.05, 0.1) is 15.6 Å². The van der Waals surface area contributed by atoms with Crippen molar-refractivity contribution in [1.82, 2.24) is 10.2 Å². The fourth-order valence-electron chi connectivity index (χ4n) is 2.36. The lowest BCUT2D eigenvalue weighted by molar-refractivity contribution is -0.384. The van der Waals surface area contributed by atoms with Crippen LogP contribution in [0.4, 0.5) is 11.4 Å². The van der Waals surface area contributed by atoms with E-state index in [1.54, 1.807) is 31.2 Å². The Morgan fingerprint density at radius 2 is 1.96 bits per heavy atom.